The van der Waals surface area contributed by atoms with E-state index in [1.807, 2.05) is 17.9 Å². The van der Waals surface area contributed by atoms with E-state index in [2.05, 4.69) is 24.3 Å². The molecule has 4 nitrogen and oxygen atoms in total. The number of nitrogens with one attached hydrogen (secondary N) is 1. The molecule has 1 aliphatic rings. The minimum Gasteiger partial charge on any atom is -0.381 e. The number of aryl methyl sites for hydroxylation is 1. The third kappa shape index (κ3) is 2.69. The van der Waals surface area contributed by atoms with E-state index >= 15 is 0 Å². The minimum absolute atomic E-state index is 0.395. The maximum atomic E-state index is 5.52. The van der Waals surface area contributed by atoms with Crippen LogP contribution in [0, 0.1) is 12.8 Å². The van der Waals surface area contributed by atoms with Crippen molar-refractivity contribution in [3.05, 3.63) is 17.5 Å². The number of ether oxygens (including phenoxy) is 1. The average molecular weight is 237 g/mol. The molecule has 1 aliphatic heterocycles. The van der Waals surface area contributed by atoms with E-state index in [-0.39, 0.29) is 0 Å². The Balaban J connectivity index is 2.16. The summed E-state index contributed by atoms with van der Waals surface area (Å²) in [5, 5.41) is 8.00. The average Bonchev–Trinajstić information content (AvgIpc) is 2.94. The molecule has 0 aliphatic carbocycles. The van der Waals surface area contributed by atoms with Crippen LogP contribution in [0.2, 0.25) is 0 Å². The van der Waals surface area contributed by atoms with Crippen LogP contribution < -0.4 is 5.32 Å². The van der Waals surface area contributed by atoms with Crippen LogP contribution in [-0.2, 0) is 11.8 Å². The molecule has 2 heterocycles. The summed E-state index contributed by atoms with van der Waals surface area (Å²) >= 11 is 0. The highest BCUT2D eigenvalue weighted by Crippen LogP contribution is 2.30. The molecule has 4 heteroatoms. The van der Waals surface area contributed by atoms with Crippen LogP contribution in [0.15, 0.2) is 6.20 Å². The zero-order valence-corrected chi connectivity index (χ0v) is 11.1. The van der Waals surface area contributed by atoms with Crippen molar-refractivity contribution in [2.75, 3.05) is 19.8 Å². The van der Waals surface area contributed by atoms with Gasteiger partial charge in [-0.1, -0.05) is 6.92 Å². The highest BCUT2D eigenvalue weighted by Gasteiger charge is 2.28. The molecular formula is C13H23N3O. The molecule has 0 saturated carbocycles. The van der Waals surface area contributed by atoms with Gasteiger partial charge >= 0.3 is 0 Å². The largest absolute Gasteiger partial charge is 0.381 e. The molecule has 1 N–H and O–H groups in total. The SMILES string of the molecule is CCCNC(c1cnn(C)c1C)C1CCOC1. The number of rotatable bonds is 5. The van der Waals surface area contributed by atoms with Gasteiger partial charge in [0.15, 0.2) is 0 Å². The Kier molecular flexibility index (Phi) is 4.18. The first-order chi connectivity index (χ1) is 8.24. The maximum absolute atomic E-state index is 5.52. The van der Waals surface area contributed by atoms with Crippen molar-refractivity contribution in [2.45, 2.75) is 32.7 Å². The van der Waals surface area contributed by atoms with Gasteiger partial charge in [-0.3, -0.25) is 4.68 Å². The van der Waals surface area contributed by atoms with Crippen molar-refractivity contribution in [2.24, 2.45) is 13.0 Å². The molecular weight excluding hydrogens is 214 g/mol. The van der Waals surface area contributed by atoms with Crippen LogP contribution in [0.25, 0.3) is 0 Å². The standard InChI is InChI=1S/C13H23N3O/c1-4-6-14-13(11-5-7-17-9-11)12-8-15-16(3)10(12)2/h8,11,13-14H,4-7,9H2,1-3H3. The molecule has 0 spiro atoms. The molecule has 1 saturated heterocycles. The van der Waals surface area contributed by atoms with Gasteiger partial charge in [-0.25, -0.2) is 0 Å². The lowest BCUT2D eigenvalue weighted by molar-refractivity contribution is 0.176. The zero-order valence-electron chi connectivity index (χ0n) is 11.1. The van der Waals surface area contributed by atoms with Crippen LogP contribution in [-0.4, -0.2) is 29.5 Å². The van der Waals surface area contributed by atoms with Crippen LogP contribution in [0.5, 0.6) is 0 Å². The number of nitrogens with zero attached hydrogens (tertiary/aromatic N) is 2. The lowest BCUT2D eigenvalue weighted by Gasteiger charge is -2.23. The summed E-state index contributed by atoms with van der Waals surface area (Å²) in [6.45, 7) is 7.16. The molecule has 0 radical (unpaired) electrons. The first-order valence-electron chi connectivity index (χ1n) is 6.53. The molecule has 1 aromatic heterocycles. The van der Waals surface area contributed by atoms with E-state index in [1.165, 1.54) is 11.3 Å². The first kappa shape index (κ1) is 12.6. The molecule has 0 aromatic carbocycles. The van der Waals surface area contributed by atoms with E-state index in [0.29, 0.717) is 12.0 Å². The van der Waals surface area contributed by atoms with Crippen LogP contribution in [0.3, 0.4) is 0 Å². The highest BCUT2D eigenvalue weighted by atomic mass is 16.5. The highest BCUT2D eigenvalue weighted by molar-refractivity contribution is 5.21. The van der Waals surface area contributed by atoms with Gasteiger partial charge in [0.05, 0.1) is 12.8 Å². The van der Waals surface area contributed by atoms with Crippen molar-refractivity contribution < 1.29 is 4.74 Å². The van der Waals surface area contributed by atoms with Crippen LogP contribution in [0.1, 0.15) is 37.1 Å². The molecule has 2 atom stereocenters. The summed E-state index contributed by atoms with van der Waals surface area (Å²) in [6.07, 6.45) is 4.31. The molecule has 2 unspecified atom stereocenters. The van der Waals surface area contributed by atoms with E-state index in [9.17, 15) is 0 Å². The second-order valence-electron chi connectivity index (χ2n) is 4.86. The van der Waals surface area contributed by atoms with Crippen molar-refractivity contribution in [3.8, 4) is 0 Å². The van der Waals surface area contributed by atoms with Gasteiger partial charge in [0.25, 0.3) is 0 Å². The third-order valence-electron chi connectivity index (χ3n) is 3.66. The molecule has 1 aromatic rings. The fourth-order valence-electron chi connectivity index (χ4n) is 2.47. The molecule has 17 heavy (non-hydrogen) atoms. The predicted octanol–water partition coefficient (Wildman–Crippen LogP) is 1.81. The van der Waals surface area contributed by atoms with E-state index < -0.39 is 0 Å². The third-order valence-corrected chi connectivity index (χ3v) is 3.66. The minimum atomic E-state index is 0.395. The molecule has 0 bridgehead atoms. The normalized spacial score (nSPS) is 21.9. The smallest absolute Gasteiger partial charge is 0.0540 e. The van der Waals surface area contributed by atoms with Gasteiger partial charge < -0.3 is 10.1 Å². The number of aromatic nitrogens is 2. The van der Waals surface area contributed by atoms with Gasteiger partial charge in [0.1, 0.15) is 0 Å². The topological polar surface area (TPSA) is 39.1 Å². The summed E-state index contributed by atoms with van der Waals surface area (Å²) in [6, 6.07) is 0.395. The molecule has 1 fully saturated rings. The zero-order chi connectivity index (χ0) is 12.3. The van der Waals surface area contributed by atoms with Crippen molar-refractivity contribution in [1.29, 1.82) is 0 Å². The molecule has 2 rings (SSSR count). The lowest BCUT2D eigenvalue weighted by atomic mass is 9.92. The van der Waals surface area contributed by atoms with Crippen LogP contribution >= 0.6 is 0 Å². The molecule has 0 amide bonds. The van der Waals surface area contributed by atoms with E-state index in [0.717, 1.165) is 32.6 Å². The number of hydrogen-bond donors (Lipinski definition) is 1. The summed E-state index contributed by atoms with van der Waals surface area (Å²) in [5.74, 6) is 0.587. The summed E-state index contributed by atoms with van der Waals surface area (Å²) < 4.78 is 7.47. The first-order valence-corrected chi connectivity index (χ1v) is 6.53. The summed E-state index contributed by atoms with van der Waals surface area (Å²) in [4.78, 5) is 0. The number of hydrogen-bond acceptors (Lipinski definition) is 3. The Morgan fingerprint density at radius 2 is 2.47 bits per heavy atom. The van der Waals surface area contributed by atoms with Crippen LogP contribution in [0.4, 0.5) is 0 Å². The van der Waals surface area contributed by atoms with E-state index in [1.54, 1.807) is 0 Å². The van der Waals surface area contributed by atoms with Gasteiger partial charge in [0, 0.05) is 36.9 Å². The van der Waals surface area contributed by atoms with Crippen molar-refractivity contribution in [3.63, 3.8) is 0 Å². The Morgan fingerprint density at radius 1 is 1.65 bits per heavy atom. The molecule has 96 valence electrons. The fraction of sp³-hybridized carbons (Fsp3) is 0.769. The van der Waals surface area contributed by atoms with Crippen molar-refractivity contribution >= 4 is 0 Å². The Hall–Kier alpha value is -0.870. The Bertz CT molecular complexity index is 356. The van der Waals surface area contributed by atoms with E-state index in [4.69, 9.17) is 4.74 Å². The predicted molar refractivity (Wildman–Crippen MR) is 67.9 cm³/mol. The lowest BCUT2D eigenvalue weighted by Crippen LogP contribution is -2.29. The monoisotopic (exact) mass is 237 g/mol. The Labute approximate surface area is 103 Å². The van der Waals surface area contributed by atoms with Gasteiger partial charge in [-0.2, -0.15) is 5.10 Å². The van der Waals surface area contributed by atoms with Crippen molar-refractivity contribution in [1.82, 2.24) is 15.1 Å². The summed E-state index contributed by atoms with van der Waals surface area (Å²) in [5.41, 5.74) is 2.59. The van der Waals surface area contributed by atoms with Gasteiger partial charge in [-0.05, 0) is 26.3 Å². The second-order valence-corrected chi connectivity index (χ2v) is 4.86. The van der Waals surface area contributed by atoms with Gasteiger partial charge in [0.2, 0.25) is 0 Å². The maximum Gasteiger partial charge on any atom is 0.0540 e. The fourth-order valence-corrected chi connectivity index (χ4v) is 2.47. The summed E-state index contributed by atoms with van der Waals surface area (Å²) in [7, 11) is 2.00. The van der Waals surface area contributed by atoms with Gasteiger partial charge in [-0.15, -0.1) is 0 Å². The second kappa shape index (κ2) is 5.65. The quantitative estimate of drug-likeness (QED) is 0.849. The Morgan fingerprint density at radius 3 is 3.00 bits per heavy atom.